The van der Waals surface area contributed by atoms with E-state index in [-0.39, 0.29) is 35.6 Å². The van der Waals surface area contributed by atoms with Crippen molar-refractivity contribution in [3.8, 4) is 0 Å². The van der Waals surface area contributed by atoms with Gasteiger partial charge in [0.1, 0.15) is 10.7 Å². The Morgan fingerprint density at radius 2 is 1.39 bits per heavy atom. The Morgan fingerprint density at radius 1 is 0.778 bits per heavy atom. The quantitative estimate of drug-likeness (QED) is 0.403. The summed E-state index contributed by atoms with van der Waals surface area (Å²) in [5.74, 6) is -1.48. The summed E-state index contributed by atoms with van der Waals surface area (Å²) >= 11 is 6.16. The van der Waals surface area contributed by atoms with E-state index in [0.29, 0.717) is 16.9 Å². The predicted octanol–water partition coefficient (Wildman–Crippen LogP) is 4.01. The number of nitrogens with one attached hydrogen (secondary N) is 3. The molecule has 0 radical (unpaired) electrons. The standard InChI is InChI=1S/C27H23ClN4O4/c1-17(33)30-21-11-13-22(14-12-21)31-25(34)20-9-7-18(8-10-20)15-29-24-23(28)26(35)32(27(24)36)16-19-5-3-2-4-6-19/h2-14,29H,15-16H2,1H3,(H,30,33)(H,31,34). The minimum atomic E-state index is -0.537. The maximum atomic E-state index is 12.8. The van der Waals surface area contributed by atoms with Crippen molar-refractivity contribution >= 4 is 46.6 Å². The van der Waals surface area contributed by atoms with Crippen LogP contribution in [0.5, 0.6) is 0 Å². The second-order valence-corrected chi connectivity index (χ2v) is 8.51. The molecule has 0 atom stereocenters. The molecule has 36 heavy (non-hydrogen) atoms. The summed E-state index contributed by atoms with van der Waals surface area (Å²) in [4.78, 5) is 50.0. The number of benzene rings is 3. The van der Waals surface area contributed by atoms with Gasteiger partial charge in [0.15, 0.2) is 0 Å². The second-order valence-electron chi connectivity index (χ2n) is 8.13. The highest BCUT2D eigenvalue weighted by Gasteiger charge is 2.37. The Hall–Kier alpha value is -4.43. The number of hydrogen-bond acceptors (Lipinski definition) is 5. The topological polar surface area (TPSA) is 108 Å². The fourth-order valence-corrected chi connectivity index (χ4v) is 3.87. The van der Waals surface area contributed by atoms with Gasteiger partial charge >= 0.3 is 0 Å². The number of rotatable bonds is 8. The lowest BCUT2D eigenvalue weighted by Gasteiger charge is -2.15. The highest BCUT2D eigenvalue weighted by Crippen LogP contribution is 2.24. The van der Waals surface area contributed by atoms with Crippen molar-refractivity contribution in [2.75, 3.05) is 10.6 Å². The van der Waals surface area contributed by atoms with Gasteiger partial charge in [-0.3, -0.25) is 24.1 Å². The van der Waals surface area contributed by atoms with Crippen LogP contribution >= 0.6 is 11.6 Å². The predicted molar refractivity (Wildman–Crippen MR) is 137 cm³/mol. The highest BCUT2D eigenvalue weighted by atomic mass is 35.5. The molecule has 1 heterocycles. The molecular formula is C27H23ClN4O4. The maximum Gasteiger partial charge on any atom is 0.278 e. The molecule has 3 aromatic carbocycles. The summed E-state index contributed by atoms with van der Waals surface area (Å²) in [6, 6.07) is 22.8. The van der Waals surface area contributed by atoms with Gasteiger partial charge in [-0.15, -0.1) is 0 Å². The van der Waals surface area contributed by atoms with Crippen LogP contribution in [0.1, 0.15) is 28.4 Å². The zero-order chi connectivity index (χ0) is 25.7. The lowest BCUT2D eigenvalue weighted by Crippen LogP contribution is -2.33. The molecule has 0 saturated carbocycles. The van der Waals surface area contributed by atoms with E-state index in [9.17, 15) is 19.2 Å². The van der Waals surface area contributed by atoms with Gasteiger partial charge in [-0.2, -0.15) is 0 Å². The molecule has 3 N–H and O–H groups in total. The number of amides is 4. The number of carbonyl (C=O) groups is 4. The van der Waals surface area contributed by atoms with Crippen molar-refractivity contribution < 1.29 is 19.2 Å². The molecule has 0 bridgehead atoms. The first kappa shape index (κ1) is 24.7. The van der Waals surface area contributed by atoms with Gasteiger partial charge in [0, 0.05) is 30.4 Å². The minimum Gasteiger partial charge on any atom is -0.375 e. The Balaban J connectivity index is 1.33. The summed E-state index contributed by atoms with van der Waals surface area (Å²) in [6.07, 6.45) is 0. The third kappa shape index (κ3) is 5.79. The van der Waals surface area contributed by atoms with Gasteiger partial charge in [-0.1, -0.05) is 54.1 Å². The monoisotopic (exact) mass is 502 g/mol. The Morgan fingerprint density at radius 3 is 2.00 bits per heavy atom. The smallest absolute Gasteiger partial charge is 0.278 e. The molecule has 3 aromatic rings. The van der Waals surface area contributed by atoms with Gasteiger partial charge in [0.05, 0.1) is 6.54 Å². The van der Waals surface area contributed by atoms with E-state index in [1.807, 2.05) is 30.3 Å². The van der Waals surface area contributed by atoms with E-state index >= 15 is 0 Å². The number of nitrogens with zero attached hydrogens (tertiary/aromatic N) is 1. The molecule has 0 saturated heterocycles. The fourth-order valence-electron chi connectivity index (χ4n) is 3.62. The van der Waals surface area contributed by atoms with Gasteiger partial charge in [-0.25, -0.2) is 0 Å². The number of halogens is 1. The molecule has 0 spiro atoms. The molecule has 1 aliphatic heterocycles. The largest absolute Gasteiger partial charge is 0.375 e. The van der Waals surface area contributed by atoms with Crippen molar-refractivity contribution in [2.24, 2.45) is 0 Å². The average Bonchev–Trinajstić information content (AvgIpc) is 3.07. The summed E-state index contributed by atoms with van der Waals surface area (Å²) < 4.78 is 0. The van der Waals surface area contributed by atoms with Crippen LogP contribution in [-0.4, -0.2) is 28.5 Å². The number of imide groups is 1. The molecule has 4 rings (SSSR count). The average molecular weight is 503 g/mol. The van der Waals surface area contributed by atoms with Crippen LogP contribution in [0, 0.1) is 0 Å². The highest BCUT2D eigenvalue weighted by molar-refractivity contribution is 6.47. The summed E-state index contributed by atoms with van der Waals surface area (Å²) in [5, 5.41) is 8.28. The number of carbonyl (C=O) groups excluding carboxylic acids is 4. The van der Waals surface area contributed by atoms with Gasteiger partial charge in [0.25, 0.3) is 17.7 Å². The van der Waals surface area contributed by atoms with Crippen LogP contribution in [0.4, 0.5) is 11.4 Å². The minimum absolute atomic E-state index is 0.0575. The van der Waals surface area contributed by atoms with E-state index in [1.165, 1.54) is 6.92 Å². The van der Waals surface area contributed by atoms with Crippen LogP contribution in [0.3, 0.4) is 0 Å². The first-order chi connectivity index (χ1) is 17.3. The van der Waals surface area contributed by atoms with Crippen molar-refractivity contribution in [1.29, 1.82) is 0 Å². The SMILES string of the molecule is CC(=O)Nc1ccc(NC(=O)c2ccc(CNC3=C(Cl)C(=O)N(Cc4ccccc4)C3=O)cc2)cc1. The molecular weight excluding hydrogens is 480 g/mol. The summed E-state index contributed by atoms with van der Waals surface area (Å²) in [5.41, 5.74) is 3.35. The molecule has 4 amide bonds. The molecule has 8 nitrogen and oxygen atoms in total. The van der Waals surface area contributed by atoms with Crippen molar-refractivity contribution in [1.82, 2.24) is 10.2 Å². The molecule has 1 aliphatic rings. The lowest BCUT2D eigenvalue weighted by atomic mass is 10.1. The van der Waals surface area contributed by atoms with E-state index in [2.05, 4.69) is 16.0 Å². The molecule has 0 unspecified atom stereocenters. The van der Waals surface area contributed by atoms with Crippen molar-refractivity contribution in [3.05, 3.63) is 106 Å². The maximum absolute atomic E-state index is 12.8. The Labute approximate surface area is 212 Å². The van der Waals surface area contributed by atoms with E-state index in [1.54, 1.807) is 48.5 Å². The second kappa shape index (κ2) is 10.9. The zero-order valence-corrected chi connectivity index (χ0v) is 20.1. The molecule has 9 heteroatoms. The van der Waals surface area contributed by atoms with Gasteiger partial charge in [-0.05, 0) is 47.5 Å². The van der Waals surface area contributed by atoms with E-state index in [0.717, 1.165) is 16.0 Å². The fraction of sp³-hybridized carbons (Fsp3) is 0.111. The van der Waals surface area contributed by atoms with Crippen LogP contribution in [-0.2, 0) is 27.5 Å². The number of hydrogen-bond donors (Lipinski definition) is 3. The van der Waals surface area contributed by atoms with Gasteiger partial charge < -0.3 is 16.0 Å². The molecule has 0 aromatic heterocycles. The number of anilines is 2. The lowest BCUT2D eigenvalue weighted by molar-refractivity contribution is -0.138. The normalized spacial score (nSPS) is 13.1. The van der Waals surface area contributed by atoms with Crippen molar-refractivity contribution in [3.63, 3.8) is 0 Å². The van der Waals surface area contributed by atoms with E-state index < -0.39 is 11.8 Å². The van der Waals surface area contributed by atoms with Gasteiger partial charge in [0.2, 0.25) is 5.91 Å². The Kier molecular flexibility index (Phi) is 7.46. The molecule has 0 aliphatic carbocycles. The van der Waals surface area contributed by atoms with Crippen LogP contribution in [0.15, 0.2) is 89.6 Å². The first-order valence-corrected chi connectivity index (χ1v) is 11.5. The van der Waals surface area contributed by atoms with Crippen molar-refractivity contribution in [2.45, 2.75) is 20.0 Å². The third-order valence-corrected chi connectivity index (χ3v) is 5.79. The first-order valence-electron chi connectivity index (χ1n) is 11.1. The van der Waals surface area contributed by atoms with Crippen LogP contribution in [0.2, 0.25) is 0 Å². The van der Waals surface area contributed by atoms with Crippen LogP contribution < -0.4 is 16.0 Å². The molecule has 0 fully saturated rings. The summed E-state index contributed by atoms with van der Waals surface area (Å²) in [7, 11) is 0. The van der Waals surface area contributed by atoms with Crippen LogP contribution in [0.25, 0.3) is 0 Å². The zero-order valence-electron chi connectivity index (χ0n) is 19.4. The summed E-state index contributed by atoms with van der Waals surface area (Å²) in [6.45, 7) is 1.81. The third-order valence-electron chi connectivity index (χ3n) is 5.44. The Bertz CT molecular complexity index is 1340. The van der Waals surface area contributed by atoms with E-state index in [4.69, 9.17) is 11.6 Å². The molecule has 182 valence electrons.